The summed E-state index contributed by atoms with van der Waals surface area (Å²) in [6.45, 7) is 3.15. The highest BCUT2D eigenvalue weighted by molar-refractivity contribution is 5.49. The number of rotatable bonds is 3. The maximum absolute atomic E-state index is 13.0. The second kappa shape index (κ2) is 4.39. The Morgan fingerprint density at radius 2 is 2.06 bits per heavy atom. The summed E-state index contributed by atoms with van der Waals surface area (Å²) in [5, 5.41) is 0. The summed E-state index contributed by atoms with van der Waals surface area (Å²) in [7, 11) is 0. The van der Waals surface area contributed by atoms with E-state index in [2.05, 4.69) is 0 Å². The molecular formula is C12H16FNO2. The fraction of sp³-hybridized carbons (Fsp3) is 0.500. The molecule has 0 aliphatic carbocycles. The van der Waals surface area contributed by atoms with Gasteiger partial charge in [0, 0.05) is 17.7 Å². The Labute approximate surface area is 94.3 Å². The highest BCUT2D eigenvalue weighted by atomic mass is 19.1. The molecule has 88 valence electrons. The second-order valence-electron chi connectivity index (χ2n) is 3.93. The molecule has 0 radical (unpaired) electrons. The van der Waals surface area contributed by atoms with Gasteiger partial charge in [-0.3, -0.25) is 0 Å². The molecule has 0 amide bonds. The first-order valence-corrected chi connectivity index (χ1v) is 5.51. The van der Waals surface area contributed by atoms with Crippen LogP contribution in [0.3, 0.4) is 0 Å². The lowest BCUT2D eigenvalue weighted by atomic mass is 9.99. The van der Waals surface area contributed by atoms with Crippen molar-refractivity contribution < 1.29 is 13.9 Å². The van der Waals surface area contributed by atoms with Gasteiger partial charge in [0.2, 0.25) is 0 Å². The quantitative estimate of drug-likeness (QED) is 0.803. The molecule has 4 heteroatoms. The normalized spacial score (nSPS) is 18.9. The van der Waals surface area contributed by atoms with Gasteiger partial charge in [0.1, 0.15) is 5.82 Å². The van der Waals surface area contributed by atoms with Crippen molar-refractivity contribution in [2.24, 2.45) is 0 Å². The van der Waals surface area contributed by atoms with Crippen LogP contribution in [0, 0.1) is 5.82 Å². The van der Waals surface area contributed by atoms with Gasteiger partial charge < -0.3 is 15.2 Å². The summed E-state index contributed by atoms with van der Waals surface area (Å²) in [4.78, 5) is 0. The van der Waals surface area contributed by atoms with Crippen LogP contribution >= 0.6 is 0 Å². The van der Waals surface area contributed by atoms with E-state index in [-0.39, 0.29) is 5.82 Å². The molecule has 1 heterocycles. The number of anilines is 1. The smallest absolute Gasteiger partial charge is 0.196 e. The van der Waals surface area contributed by atoms with Crippen LogP contribution < -0.4 is 5.73 Å². The van der Waals surface area contributed by atoms with Crippen LogP contribution in [0.4, 0.5) is 10.1 Å². The maximum Gasteiger partial charge on any atom is 0.196 e. The molecule has 0 saturated carbocycles. The third kappa shape index (κ3) is 1.90. The molecule has 1 saturated heterocycles. The Bertz CT molecular complexity index is 375. The highest BCUT2D eigenvalue weighted by Crippen LogP contribution is 2.38. The topological polar surface area (TPSA) is 44.5 Å². The van der Waals surface area contributed by atoms with Crippen molar-refractivity contribution in [1.82, 2.24) is 0 Å². The van der Waals surface area contributed by atoms with E-state index in [9.17, 15) is 4.39 Å². The van der Waals surface area contributed by atoms with Gasteiger partial charge in [-0.15, -0.1) is 0 Å². The van der Waals surface area contributed by atoms with Crippen LogP contribution in [0.5, 0.6) is 0 Å². The average Bonchev–Trinajstić information content (AvgIpc) is 2.67. The van der Waals surface area contributed by atoms with Crippen LogP contribution in [-0.4, -0.2) is 13.2 Å². The van der Waals surface area contributed by atoms with Crippen molar-refractivity contribution >= 4 is 5.69 Å². The zero-order valence-corrected chi connectivity index (χ0v) is 9.33. The average molecular weight is 225 g/mol. The third-order valence-electron chi connectivity index (χ3n) is 2.76. The maximum atomic E-state index is 13.0. The monoisotopic (exact) mass is 225 g/mol. The van der Waals surface area contributed by atoms with Crippen molar-refractivity contribution in [1.29, 1.82) is 0 Å². The Morgan fingerprint density at radius 3 is 2.62 bits per heavy atom. The first-order chi connectivity index (χ1) is 7.68. The lowest BCUT2D eigenvalue weighted by Crippen LogP contribution is -2.28. The zero-order chi connectivity index (χ0) is 11.6. The number of ether oxygens (including phenoxy) is 2. The lowest BCUT2D eigenvalue weighted by molar-refractivity contribution is -0.170. The van der Waals surface area contributed by atoms with Gasteiger partial charge in [0.05, 0.1) is 13.2 Å². The molecule has 3 nitrogen and oxygen atoms in total. The second-order valence-corrected chi connectivity index (χ2v) is 3.93. The van der Waals surface area contributed by atoms with Crippen molar-refractivity contribution in [3.05, 3.63) is 29.6 Å². The fourth-order valence-corrected chi connectivity index (χ4v) is 2.10. The molecule has 0 unspecified atom stereocenters. The zero-order valence-electron chi connectivity index (χ0n) is 9.33. The largest absolute Gasteiger partial charge is 0.398 e. The van der Waals surface area contributed by atoms with Gasteiger partial charge in [-0.25, -0.2) is 4.39 Å². The van der Waals surface area contributed by atoms with E-state index >= 15 is 0 Å². The number of nitrogen functional groups attached to an aromatic ring is 1. The molecule has 1 aromatic carbocycles. The highest BCUT2D eigenvalue weighted by Gasteiger charge is 2.39. The molecule has 16 heavy (non-hydrogen) atoms. The van der Waals surface area contributed by atoms with Gasteiger partial charge in [0.25, 0.3) is 0 Å². The van der Waals surface area contributed by atoms with E-state index in [1.165, 1.54) is 12.1 Å². The molecule has 1 aromatic rings. The molecule has 0 atom stereocenters. The van der Waals surface area contributed by atoms with Gasteiger partial charge in [-0.1, -0.05) is 13.3 Å². The first-order valence-electron chi connectivity index (χ1n) is 5.51. The molecule has 0 aromatic heterocycles. The molecular weight excluding hydrogens is 209 g/mol. The van der Waals surface area contributed by atoms with Crippen LogP contribution in [0.15, 0.2) is 18.2 Å². The van der Waals surface area contributed by atoms with Gasteiger partial charge >= 0.3 is 0 Å². The van der Waals surface area contributed by atoms with E-state index in [1.807, 2.05) is 6.92 Å². The predicted molar refractivity (Wildman–Crippen MR) is 59.3 cm³/mol. The van der Waals surface area contributed by atoms with Crippen molar-refractivity contribution in [3.63, 3.8) is 0 Å². The Hall–Kier alpha value is -1.13. The van der Waals surface area contributed by atoms with Crippen molar-refractivity contribution in [2.45, 2.75) is 25.6 Å². The molecule has 2 rings (SSSR count). The van der Waals surface area contributed by atoms with E-state index in [1.54, 1.807) is 6.07 Å². The van der Waals surface area contributed by atoms with Gasteiger partial charge in [-0.05, 0) is 18.2 Å². The summed E-state index contributed by atoms with van der Waals surface area (Å²) in [5.41, 5.74) is 6.93. The Balaban J connectivity index is 2.38. The number of nitrogens with two attached hydrogens (primary N) is 1. The van der Waals surface area contributed by atoms with Gasteiger partial charge in [0.15, 0.2) is 5.79 Å². The van der Waals surface area contributed by atoms with Crippen LogP contribution in [0.2, 0.25) is 0 Å². The summed E-state index contributed by atoms with van der Waals surface area (Å²) < 4.78 is 24.3. The molecule has 1 fully saturated rings. The van der Waals surface area contributed by atoms with E-state index in [4.69, 9.17) is 15.2 Å². The Morgan fingerprint density at radius 1 is 1.38 bits per heavy atom. The molecule has 1 aliphatic rings. The summed E-state index contributed by atoms with van der Waals surface area (Å²) in [5.74, 6) is -1.11. The van der Waals surface area contributed by atoms with Gasteiger partial charge in [-0.2, -0.15) is 0 Å². The summed E-state index contributed by atoms with van der Waals surface area (Å²) >= 11 is 0. The lowest BCUT2D eigenvalue weighted by Gasteiger charge is -2.28. The van der Waals surface area contributed by atoms with E-state index in [0.29, 0.717) is 18.9 Å². The molecule has 0 bridgehead atoms. The standard InChI is InChI=1S/C12H16FNO2/c1-2-5-12(15-6-7-16-12)10-4-3-9(13)8-11(10)14/h3-4,8H,2,5-7,14H2,1H3. The molecule has 1 aliphatic heterocycles. The summed E-state index contributed by atoms with van der Waals surface area (Å²) in [6.07, 6.45) is 1.64. The molecule has 0 spiro atoms. The minimum absolute atomic E-state index is 0.342. The SMILES string of the molecule is CCCC1(c2ccc(F)cc2N)OCCO1. The van der Waals surface area contributed by atoms with Crippen LogP contribution in [-0.2, 0) is 15.3 Å². The minimum atomic E-state index is -0.771. The predicted octanol–water partition coefficient (Wildman–Crippen LogP) is 2.41. The minimum Gasteiger partial charge on any atom is -0.398 e. The number of halogens is 1. The van der Waals surface area contributed by atoms with E-state index < -0.39 is 5.79 Å². The van der Waals surface area contributed by atoms with Crippen molar-refractivity contribution in [3.8, 4) is 0 Å². The van der Waals surface area contributed by atoms with Crippen molar-refractivity contribution in [2.75, 3.05) is 18.9 Å². The summed E-state index contributed by atoms with van der Waals surface area (Å²) in [6, 6.07) is 4.33. The fourth-order valence-electron chi connectivity index (χ4n) is 2.10. The molecule has 2 N–H and O–H groups in total. The first kappa shape index (κ1) is 11.4. The Kier molecular flexibility index (Phi) is 3.12. The van der Waals surface area contributed by atoms with Crippen LogP contribution in [0.1, 0.15) is 25.3 Å². The number of hydrogen-bond donors (Lipinski definition) is 1. The number of hydrogen-bond acceptors (Lipinski definition) is 3. The third-order valence-corrected chi connectivity index (χ3v) is 2.76. The van der Waals surface area contributed by atoms with E-state index in [0.717, 1.165) is 18.4 Å². The van der Waals surface area contributed by atoms with Crippen LogP contribution in [0.25, 0.3) is 0 Å². The number of benzene rings is 1.